The number of nitrogens with zero attached hydrogens (tertiary/aromatic N) is 1. The second-order valence-electron chi connectivity index (χ2n) is 5.54. The molecule has 1 heterocycles. The molecule has 4 nitrogen and oxygen atoms in total. The van der Waals surface area contributed by atoms with Gasteiger partial charge < -0.3 is 4.98 Å². The third-order valence-electron chi connectivity index (χ3n) is 2.29. The summed E-state index contributed by atoms with van der Waals surface area (Å²) in [6, 6.07) is 1.52. The van der Waals surface area contributed by atoms with Gasteiger partial charge in [-0.25, -0.2) is 4.79 Å². The van der Waals surface area contributed by atoms with E-state index in [0.717, 1.165) is 6.42 Å². The molecule has 1 N–H and O–H groups in total. The second-order valence-corrected chi connectivity index (χ2v) is 5.54. The van der Waals surface area contributed by atoms with Gasteiger partial charge >= 0.3 is 5.69 Å². The molecule has 0 amide bonds. The second kappa shape index (κ2) is 4.28. The number of hydrogen-bond donors (Lipinski definition) is 1. The van der Waals surface area contributed by atoms with Crippen molar-refractivity contribution >= 4 is 0 Å². The Balaban J connectivity index is 3.30. The van der Waals surface area contributed by atoms with E-state index in [1.54, 1.807) is 0 Å². The molecule has 0 saturated carbocycles. The van der Waals surface area contributed by atoms with E-state index in [0.29, 0.717) is 11.6 Å². The third kappa shape index (κ3) is 2.84. The minimum absolute atomic E-state index is 0.230. The summed E-state index contributed by atoms with van der Waals surface area (Å²) >= 11 is 0. The molecule has 0 fully saturated rings. The van der Waals surface area contributed by atoms with Crippen LogP contribution in [0.2, 0.25) is 0 Å². The maximum atomic E-state index is 11.8. The molecule has 16 heavy (non-hydrogen) atoms. The molecule has 0 aliphatic carbocycles. The molecular formula is C12H20N2O2. The maximum Gasteiger partial charge on any atom is 0.329 e. The van der Waals surface area contributed by atoms with E-state index in [2.05, 4.69) is 4.98 Å². The number of nitrogens with one attached hydrogen (secondary N) is 1. The Hall–Kier alpha value is -1.32. The van der Waals surface area contributed by atoms with Crippen LogP contribution < -0.4 is 11.2 Å². The van der Waals surface area contributed by atoms with Crippen molar-refractivity contribution in [3.63, 3.8) is 0 Å². The van der Waals surface area contributed by atoms with Crippen LogP contribution in [0.25, 0.3) is 0 Å². The Bertz CT molecular complexity index is 444. The fourth-order valence-electron chi connectivity index (χ4n) is 1.73. The first-order chi connectivity index (χ1) is 7.21. The van der Waals surface area contributed by atoms with Crippen LogP contribution in [0.5, 0.6) is 0 Å². The van der Waals surface area contributed by atoms with Crippen molar-refractivity contribution in [3.05, 3.63) is 32.6 Å². The summed E-state index contributed by atoms with van der Waals surface area (Å²) in [6.07, 6.45) is 0.718. The molecule has 1 rings (SSSR count). The van der Waals surface area contributed by atoms with Gasteiger partial charge in [0.1, 0.15) is 0 Å². The fourth-order valence-corrected chi connectivity index (χ4v) is 1.73. The Morgan fingerprint density at radius 2 is 1.88 bits per heavy atom. The molecule has 0 atom stereocenters. The monoisotopic (exact) mass is 224 g/mol. The summed E-state index contributed by atoms with van der Waals surface area (Å²) < 4.78 is 1.25. The summed E-state index contributed by atoms with van der Waals surface area (Å²) in [5.74, 6) is 0.417. The molecule has 1 aromatic heterocycles. The molecule has 0 aliphatic rings. The lowest BCUT2D eigenvalue weighted by atomic mass is 10.1. The lowest BCUT2D eigenvalue weighted by molar-refractivity contribution is 0.364. The van der Waals surface area contributed by atoms with Crippen molar-refractivity contribution in [2.75, 3.05) is 0 Å². The third-order valence-corrected chi connectivity index (χ3v) is 2.29. The molecule has 0 aliphatic heterocycles. The minimum atomic E-state index is -0.485. The van der Waals surface area contributed by atoms with Crippen molar-refractivity contribution < 1.29 is 0 Å². The zero-order valence-electron chi connectivity index (χ0n) is 10.6. The molecule has 0 aromatic carbocycles. The zero-order chi connectivity index (χ0) is 12.5. The van der Waals surface area contributed by atoms with Crippen LogP contribution in [0.15, 0.2) is 15.7 Å². The van der Waals surface area contributed by atoms with Gasteiger partial charge in [-0.05, 0) is 33.1 Å². The number of hydrogen-bond acceptors (Lipinski definition) is 2. The van der Waals surface area contributed by atoms with E-state index in [1.165, 1.54) is 10.6 Å². The molecule has 0 radical (unpaired) electrons. The first-order valence-electron chi connectivity index (χ1n) is 5.57. The highest BCUT2D eigenvalue weighted by Crippen LogP contribution is 2.07. The van der Waals surface area contributed by atoms with Crippen molar-refractivity contribution in [2.24, 2.45) is 5.92 Å². The van der Waals surface area contributed by atoms with Crippen LogP contribution in [0.4, 0.5) is 0 Å². The molecular weight excluding hydrogens is 204 g/mol. The number of H-pyrrole nitrogens is 1. The fraction of sp³-hybridized carbons (Fsp3) is 0.667. The normalized spacial score (nSPS) is 12.1. The molecule has 0 unspecified atom stereocenters. The van der Waals surface area contributed by atoms with Gasteiger partial charge in [0.25, 0.3) is 5.56 Å². The maximum absolute atomic E-state index is 11.8. The Kier molecular flexibility index (Phi) is 3.41. The summed E-state index contributed by atoms with van der Waals surface area (Å²) in [5, 5.41) is 0. The van der Waals surface area contributed by atoms with E-state index >= 15 is 0 Å². The van der Waals surface area contributed by atoms with E-state index in [4.69, 9.17) is 0 Å². The highest BCUT2D eigenvalue weighted by molar-refractivity contribution is 5.02. The van der Waals surface area contributed by atoms with Crippen LogP contribution in [0.1, 0.15) is 40.3 Å². The predicted octanol–water partition coefficient (Wildman–Crippen LogP) is 1.49. The minimum Gasteiger partial charge on any atom is -0.311 e. The SMILES string of the molecule is CC(C)Cc1cc(=O)n(C(C)(C)C)c(=O)[nH]1. The van der Waals surface area contributed by atoms with E-state index in [1.807, 2.05) is 34.6 Å². The zero-order valence-corrected chi connectivity index (χ0v) is 10.6. The Morgan fingerprint density at radius 3 is 2.25 bits per heavy atom. The summed E-state index contributed by atoms with van der Waals surface area (Å²) in [4.78, 5) is 26.4. The molecule has 90 valence electrons. The van der Waals surface area contributed by atoms with Crippen molar-refractivity contribution in [2.45, 2.75) is 46.6 Å². The van der Waals surface area contributed by atoms with Gasteiger partial charge in [-0.3, -0.25) is 9.36 Å². The summed E-state index contributed by atoms with van der Waals surface area (Å²) in [6.45, 7) is 9.62. The Morgan fingerprint density at radius 1 is 1.31 bits per heavy atom. The first kappa shape index (κ1) is 12.7. The van der Waals surface area contributed by atoms with Gasteiger partial charge in [-0.2, -0.15) is 0 Å². The van der Waals surface area contributed by atoms with Crippen molar-refractivity contribution in [3.8, 4) is 0 Å². The lowest BCUT2D eigenvalue weighted by Crippen LogP contribution is -2.44. The van der Waals surface area contributed by atoms with Gasteiger partial charge in [-0.1, -0.05) is 13.8 Å². The van der Waals surface area contributed by atoms with Crippen LogP contribution in [-0.2, 0) is 12.0 Å². The van der Waals surface area contributed by atoms with Crippen LogP contribution in [0, 0.1) is 5.92 Å². The topological polar surface area (TPSA) is 54.9 Å². The number of aromatic nitrogens is 2. The number of aromatic amines is 1. The summed E-state index contributed by atoms with van der Waals surface area (Å²) in [5.41, 5.74) is -0.325. The predicted molar refractivity (Wildman–Crippen MR) is 64.9 cm³/mol. The highest BCUT2D eigenvalue weighted by Gasteiger charge is 2.18. The summed E-state index contributed by atoms with van der Waals surface area (Å²) in [7, 11) is 0. The van der Waals surface area contributed by atoms with E-state index in [-0.39, 0.29) is 11.2 Å². The highest BCUT2D eigenvalue weighted by atomic mass is 16.2. The lowest BCUT2D eigenvalue weighted by Gasteiger charge is -2.21. The molecule has 4 heteroatoms. The van der Waals surface area contributed by atoms with Crippen LogP contribution >= 0.6 is 0 Å². The van der Waals surface area contributed by atoms with Crippen LogP contribution in [-0.4, -0.2) is 9.55 Å². The van der Waals surface area contributed by atoms with E-state index in [9.17, 15) is 9.59 Å². The van der Waals surface area contributed by atoms with E-state index < -0.39 is 5.54 Å². The molecule has 0 spiro atoms. The van der Waals surface area contributed by atoms with Gasteiger partial charge in [0.05, 0.1) is 0 Å². The van der Waals surface area contributed by atoms with Gasteiger partial charge in [0.2, 0.25) is 0 Å². The smallest absolute Gasteiger partial charge is 0.311 e. The van der Waals surface area contributed by atoms with Crippen molar-refractivity contribution in [1.82, 2.24) is 9.55 Å². The van der Waals surface area contributed by atoms with Gasteiger partial charge in [-0.15, -0.1) is 0 Å². The number of rotatable bonds is 2. The largest absolute Gasteiger partial charge is 0.329 e. The quantitative estimate of drug-likeness (QED) is 0.827. The molecule has 0 saturated heterocycles. The van der Waals surface area contributed by atoms with Crippen LogP contribution in [0.3, 0.4) is 0 Å². The first-order valence-corrected chi connectivity index (χ1v) is 5.57. The average molecular weight is 224 g/mol. The van der Waals surface area contributed by atoms with Crippen molar-refractivity contribution in [1.29, 1.82) is 0 Å². The molecule has 1 aromatic rings. The average Bonchev–Trinajstić information content (AvgIpc) is 1.96. The van der Waals surface area contributed by atoms with Gasteiger partial charge in [0, 0.05) is 17.3 Å². The molecule has 0 bridgehead atoms. The van der Waals surface area contributed by atoms with Gasteiger partial charge in [0.15, 0.2) is 0 Å². The Labute approximate surface area is 95.3 Å². The standard InChI is InChI=1S/C12H20N2O2/c1-8(2)6-9-7-10(15)14(11(16)13-9)12(3,4)5/h7-8H,6H2,1-5H3,(H,13,16).